The molecule has 1 aromatic heterocycles. The third-order valence-electron chi connectivity index (χ3n) is 7.38. The van der Waals surface area contributed by atoms with Gasteiger partial charge in [0.25, 0.3) is 0 Å². The van der Waals surface area contributed by atoms with E-state index in [1.807, 2.05) is 37.8 Å². The highest BCUT2D eigenvalue weighted by Crippen LogP contribution is 2.41. The van der Waals surface area contributed by atoms with Gasteiger partial charge in [0.2, 0.25) is 0 Å². The Balaban J connectivity index is 0.00000336. The minimum absolute atomic E-state index is 0. The molecule has 0 spiro atoms. The Morgan fingerprint density at radius 2 is 1.92 bits per heavy atom. The molecule has 1 atom stereocenters. The largest absolute Gasteiger partial charge is 0.505 e. The van der Waals surface area contributed by atoms with Gasteiger partial charge >= 0.3 is 5.97 Å². The zero-order chi connectivity index (χ0) is 26.5. The highest BCUT2D eigenvalue weighted by Gasteiger charge is 2.33. The molecule has 1 saturated heterocycles. The molecule has 3 aliphatic rings. The molecule has 9 nitrogen and oxygen atoms in total. The molecule has 2 aromatic rings. The van der Waals surface area contributed by atoms with E-state index in [1.54, 1.807) is 17.0 Å². The molecule has 38 heavy (non-hydrogen) atoms. The van der Waals surface area contributed by atoms with Crippen LogP contribution in [0.1, 0.15) is 78.8 Å². The molecule has 10 heteroatoms. The first kappa shape index (κ1) is 27.9. The average Bonchev–Trinajstić information content (AvgIpc) is 3.51. The summed E-state index contributed by atoms with van der Waals surface area (Å²) in [6.07, 6.45) is 2.66. The number of carboxylic acids is 1. The number of ether oxygens (including phenoxy) is 1. The predicted molar refractivity (Wildman–Crippen MR) is 146 cm³/mol. The Morgan fingerprint density at radius 1 is 1.18 bits per heavy atom. The number of ketones is 1. The number of benzene rings is 1. The number of anilines is 1. The van der Waals surface area contributed by atoms with Crippen molar-refractivity contribution in [1.82, 2.24) is 9.88 Å². The number of hydrogen-bond donors (Lipinski definition) is 3. The van der Waals surface area contributed by atoms with Gasteiger partial charge in [0, 0.05) is 47.9 Å². The Morgan fingerprint density at radius 3 is 2.58 bits per heavy atom. The molecule has 1 unspecified atom stereocenters. The first-order valence-corrected chi connectivity index (χ1v) is 12.8. The van der Waals surface area contributed by atoms with Crippen molar-refractivity contribution < 1.29 is 24.5 Å². The molecule has 0 bridgehead atoms. The number of hydrogen-bond acceptors (Lipinski definition) is 7. The van der Waals surface area contributed by atoms with Crippen molar-refractivity contribution in [3.8, 4) is 5.75 Å². The fourth-order valence-electron chi connectivity index (χ4n) is 5.14. The number of nitrogens with one attached hydrogen (secondary N) is 1. The molecular formula is C28H35ClN4O5. The van der Waals surface area contributed by atoms with Gasteiger partial charge in [0.05, 0.1) is 18.3 Å². The first-order valence-electron chi connectivity index (χ1n) is 12.8. The van der Waals surface area contributed by atoms with Crippen LogP contribution in [0.5, 0.6) is 5.75 Å². The molecule has 0 radical (unpaired) electrons. The van der Waals surface area contributed by atoms with Gasteiger partial charge in [-0.2, -0.15) is 0 Å². The van der Waals surface area contributed by atoms with Gasteiger partial charge in [0.15, 0.2) is 5.78 Å². The van der Waals surface area contributed by atoms with Gasteiger partial charge in [-0.25, -0.2) is 9.78 Å². The maximum Gasteiger partial charge on any atom is 0.329 e. The standard InChI is InChI=1S/C28H34N4O5.ClH/c1-28(2,3)20-10-18(11-22(26(20)36)31-9-8-19(13-31)37-15-24(34)35)23(33)14-32-12-17-6-7-21(16-4-5-16)30-25(17)27(32)29;/h6-7,10-11,16,19,29,36H,4-5,8-9,12-15H2,1-3H3,(H,34,35);1H. The number of nitrogens with zero attached hydrogens (tertiary/aromatic N) is 3. The van der Waals surface area contributed by atoms with Crippen molar-refractivity contribution in [2.75, 3.05) is 31.1 Å². The van der Waals surface area contributed by atoms with Gasteiger partial charge in [-0.15, -0.1) is 12.4 Å². The molecule has 2 aliphatic heterocycles. The quantitative estimate of drug-likeness (QED) is 0.426. The fourth-order valence-corrected chi connectivity index (χ4v) is 5.14. The molecule has 1 aromatic carbocycles. The Bertz CT molecular complexity index is 1270. The first-order chi connectivity index (χ1) is 17.5. The highest BCUT2D eigenvalue weighted by molar-refractivity contribution is 6.05. The zero-order valence-electron chi connectivity index (χ0n) is 22.0. The lowest BCUT2D eigenvalue weighted by Gasteiger charge is -2.27. The van der Waals surface area contributed by atoms with Crippen LogP contribution in [0, 0.1) is 5.41 Å². The van der Waals surface area contributed by atoms with Crippen LogP contribution < -0.4 is 4.90 Å². The Kier molecular flexibility index (Phi) is 7.72. The Labute approximate surface area is 228 Å². The topological polar surface area (TPSA) is 127 Å². The summed E-state index contributed by atoms with van der Waals surface area (Å²) in [5.74, 6) is -0.248. The summed E-state index contributed by atoms with van der Waals surface area (Å²) in [5, 5.41) is 28.7. The Hall–Kier alpha value is -3.17. The second-order valence-corrected chi connectivity index (χ2v) is 11.3. The average molecular weight is 543 g/mol. The van der Waals surface area contributed by atoms with Crippen LogP contribution in [0.3, 0.4) is 0 Å². The lowest BCUT2D eigenvalue weighted by molar-refractivity contribution is -0.143. The summed E-state index contributed by atoms with van der Waals surface area (Å²) in [6.45, 7) is 7.13. The van der Waals surface area contributed by atoms with E-state index >= 15 is 0 Å². The second kappa shape index (κ2) is 10.5. The number of carboxylic acid groups (broad SMARTS) is 1. The van der Waals surface area contributed by atoms with Crippen molar-refractivity contribution in [3.05, 3.63) is 52.3 Å². The molecule has 1 saturated carbocycles. The highest BCUT2D eigenvalue weighted by atomic mass is 35.5. The number of aliphatic carboxylic acids is 1. The second-order valence-electron chi connectivity index (χ2n) is 11.3. The van der Waals surface area contributed by atoms with Crippen LogP contribution in [0.4, 0.5) is 5.69 Å². The lowest BCUT2D eigenvalue weighted by Crippen LogP contribution is -2.31. The number of phenols is 1. The minimum atomic E-state index is -1.02. The minimum Gasteiger partial charge on any atom is -0.505 e. The number of carbonyl (C=O) groups excluding carboxylic acids is 1. The fraction of sp³-hybridized carbons (Fsp3) is 0.500. The number of fused-ring (bicyclic) bond motifs is 1. The van der Waals surface area contributed by atoms with Gasteiger partial charge < -0.3 is 24.7 Å². The van der Waals surface area contributed by atoms with E-state index in [0.29, 0.717) is 54.5 Å². The summed E-state index contributed by atoms with van der Waals surface area (Å²) in [7, 11) is 0. The van der Waals surface area contributed by atoms with Crippen LogP contribution in [-0.2, 0) is 21.5 Å². The number of aromatic hydroxyl groups is 1. The van der Waals surface area contributed by atoms with Crippen molar-refractivity contribution in [1.29, 1.82) is 5.41 Å². The van der Waals surface area contributed by atoms with Crippen LogP contribution in [0.25, 0.3) is 0 Å². The summed E-state index contributed by atoms with van der Waals surface area (Å²) in [4.78, 5) is 32.8. The number of phenolic OH excluding ortho intramolecular Hbond substituents is 1. The van der Waals surface area contributed by atoms with E-state index in [2.05, 4.69) is 0 Å². The molecular weight excluding hydrogens is 508 g/mol. The lowest BCUT2D eigenvalue weighted by atomic mass is 9.84. The van der Waals surface area contributed by atoms with Crippen molar-refractivity contribution in [2.45, 2.75) is 64.0 Å². The van der Waals surface area contributed by atoms with E-state index in [1.165, 1.54) is 0 Å². The number of rotatable bonds is 8. The summed E-state index contributed by atoms with van der Waals surface area (Å²) in [6, 6.07) is 7.54. The molecule has 204 valence electrons. The van der Waals surface area contributed by atoms with E-state index in [9.17, 15) is 14.7 Å². The molecule has 0 amide bonds. The van der Waals surface area contributed by atoms with Crippen LogP contribution >= 0.6 is 12.4 Å². The van der Waals surface area contributed by atoms with Gasteiger partial charge in [-0.05, 0) is 42.9 Å². The van der Waals surface area contributed by atoms with Crippen molar-refractivity contribution >= 4 is 35.7 Å². The number of carbonyl (C=O) groups is 2. The van der Waals surface area contributed by atoms with Gasteiger partial charge in [-0.3, -0.25) is 10.2 Å². The maximum atomic E-state index is 13.5. The number of aromatic nitrogens is 1. The molecule has 1 aliphatic carbocycles. The van der Waals surface area contributed by atoms with E-state index in [0.717, 1.165) is 24.1 Å². The van der Waals surface area contributed by atoms with Gasteiger partial charge in [0.1, 0.15) is 23.9 Å². The van der Waals surface area contributed by atoms with Gasteiger partial charge in [-0.1, -0.05) is 26.8 Å². The van der Waals surface area contributed by atoms with Crippen LogP contribution in [-0.4, -0.2) is 70.0 Å². The van der Waals surface area contributed by atoms with E-state index in [4.69, 9.17) is 20.2 Å². The van der Waals surface area contributed by atoms with E-state index in [-0.39, 0.29) is 49.0 Å². The van der Waals surface area contributed by atoms with Crippen molar-refractivity contribution in [3.63, 3.8) is 0 Å². The summed E-state index contributed by atoms with van der Waals surface area (Å²) >= 11 is 0. The zero-order valence-corrected chi connectivity index (χ0v) is 22.8. The monoisotopic (exact) mass is 542 g/mol. The van der Waals surface area contributed by atoms with E-state index < -0.39 is 11.4 Å². The third-order valence-corrected chi connectivity index (χ3v) is 7.38. The molecule has 3 N–H and O–H groups in total. The SMILES string of the molecule is CC(C)(C)c1cc(C(=O)CN2Cc3ccc(C4CC4)nc3C2=N)cc(N2CCC(OCC(=O)O)C2)c1O.Cl. The number of halogens is 1. The number of amidine groups is 1. The predicted octanol–water partition coefficient (Wildman–Crippen LogP) is 4.09. The maximum absolute atomic E-state index is 13.5. The summed E-state index contributed by atoms with van der Waals surface area (Å²) < 4.78 is 5.46. The van der Waals surface area contributed by atoms with Crippen LogP contribution in [0.2, 0.25) is 0 Å². The number of Topliss-reactive ketones (excluding diaryl/α,β-unsaturated/α-hetero) is 1. The van der Waals surface area contributed by atoms with Crippen LogP contribution in [0.15, 0.2) is 24.3 Å². The number of pyridine rings is 1. The smallest absolute Gasteiger partial charge is 0.329 e. The molecule has 5 rings (SSSR count). The normalized spacial score (nSPS) is 18.9. The third kappa shape index (κ3) is 5.63. The molecule has 2 fully saturated rings. The summed E-state index contributed by atoms with van der Waals surface area (Å²) in [5.41, 5.74) is 3.95. The molecule has 3 heterocycles. The van der Waals surface area contributed by atoms with Crippen molar-refractivity contribution in [2.24, 2.45) is 0 Å².